The highest BCUT2D eigenvalue weighted by atomic mass is 32.2. The predicted octanol–water partition coefficient (Wildman–Crippen LogP) is 3.07. The van der Waals surface area contributed by atoms with Gasteiger partial charge in [-0.05, 0) is 32.4 Å². The second-order valence-corrected chi connectivity index (χ2v) is 15.0. The summed E-state index contributed by atoms with van der Waals surface area (Å²) < 4.78 is 28.9. The van der Waals surface area contributed by atoms with Gasteiger partial charge in [0, 0.05) is 27.4 Å². The van der Waals surface area contributed by atoms with Crippen molar-refractivity contribution >= 4 is 23.7 Å². The van der Waals surface area contributed by atoms with Gasteiger partial charge in [0.1, 0.15) is 5.78 Å². The third-order valence-electron chi connectivity index (χ3n) is 3.32. The van der Waals surface area contributed by atoms with E-state index in [0.29, 0.717) is 13.0 Å². The van der Waals surface area contributed by atoms with Gasteiger partial charge in [-0.25, -0.2) is 8.42 Å². The van der Waals surface area contributed by atoms with E-state index in [0.717, 1.165) is 11.6 Å². The van der Waals surface area contributed by atoms with Gasteiger partial charge in [0.15, 0.2) is 9.84 Å². The minimum atomic E-state index is -3.11. The van der Waals surface area contributed by atoms with Gasteiger partial charge in [0.05, 0.1) is 11.4 Å². The van der Waals surface area contributed by atoms with Crippen molar-refractivity contribution in [1.29, 1.82) is 0 Å². The molecule has 21 heavy (non-hydrogen) atoms. The average molecular weight is 335 g/mol. The molecule has 0 aliphatic carbocycles. The highest BCUT2D eigenvalue weighted by molar-refractivity contribution is 7.91. The van der Waals surface area contributed by atoms with Crippen molar-refractivity contribution < 1.29 is 17.9 Å². The first-order valence-corrected chi connectivity index (χ1v) is 13.0. The molecule has 2 atom stereocenters. The minimum Gasteiger partial charge on any atom is -0.374 e. The van der Waals surface area contributed by atoms with Crippen molar-refractivity contribution in [1.82, 2.24) is 0 Å². The van der Waals surface area contributed by atoms with Gasteiger partial charge in [-0.2, -0.15) is 0 Å². The number of carbonyl (C=O) groups is 1. The van der Waals surface area contributed by atoms with E-state index in [-0.39, 0.29) is 11.9 Å². The summed E-state index contributed by atoms with van der Waals surface area (Å²) in [6.07, 6.45) is 2.89. The predicted molar refractivity (Wildman–Crippen MR) is 91.3 cm³/mol. The van der Waals surface area contributed by atoms with Crippen LogP contribution in [0, 0.1) is 0 Å². The lowest BCUT2D eigenvalue weighted by molar-refractivity contribution is -0.119. The normalized spacial score (nSPS) is 16.6. The Kier molecular flexibility index (Phi) is 8.06. The van der Waals surface area contributed by atoms with Crippen LogP contribution in [-0.4, -0.2) is 46.5 Å². The zero-order chi connectivity index (χ0) is 16.8. The van der Waals surface area contributed by atoms with Crippen LogP contribution in [0.15, 0.2) is 11.6 Å². The van der Waals surface area contributed by atoms with Gasteiger partial charge >= 0.3 is 0 Å². The van der Waals surface area contributed by atoms with Crippen LogP contribution in [0.5, 0.6) is 0 Å². The Morgan fingerprint density at radius 2 is 1.76 bits per heavy atom. The SMILES string of the molecule is CC(=O)C[C@@H](OCC[Si](C)(C)C)/C(C)=C\[C@H](C)S(C)(=O)=O. The van der Waals surface area contributed by atoms with E-state index >= 15 is 0 Å². The van der Waals surface area contributed by atoms with E-state index in [2.05, 4.69) is 19.6 Å². The lowest BCUT2D eigenvalue weighted by Gasteiger charge is -2.22. The Balaban J connectivity index is 4.89. The number of sulfone groups is 1. The van der Waals surface area contributed by atoms with Gasteiger partial charge in [-0.1, -0.05) is 25.7 Å². The number of hydrogen-bond donors (Lipinski definition) is 0. The van der Waals surface area contributed by atoms with E-state index in [1.165, 1.54) is 13.2 Å². The van der Waals surface area contributed by atoms with Gasteiger partial charge in [-0.3, -0.25) is 4.79 Å². The van der Waals surface area contributed by atoms with E-state index in [1.54, 1.807) is 13.0 Å². The maximum absolute atomic E-state index is 11.5. The Morgan fingerprint density at radius 3 is 2.14 bits per heavy atom. The molecule has 0 amide bonds. The Labute approximate surface area is 130 Å². The van der Waals surface area contributed by atoms with Crippen molar-refractivity contribution in [3.63, 3.8) is 0 Å². The summed E-state index contributed by atoms with van der Waals surface area (Å²) in [6.45, 7) is 12.4. The monoisotopic (exact) mass is 334 g/mol. The van der Waals surface area contributed by atoms with E-state index in [1.807, 2.05) is 6.92 Å². The van der Waals surface area contributed by atoms with E-state index < -0.39 is 23.2 Å². The molecule has 0 spiro atoms. The molecule has 0 aliphatic heterocycles. The molecule has 0 saturated carbocycles. The first kappa shape index (κ1) is 20.5. The maximum atomic E-state index is 11.5. The molecule has 0 aromatic rings. The van der Waals surface area contributed by atoms with Crippen LogP contribution in [-0.2, 0) is 19.4 Å². The molecule has 0 aromatic carbocycles. The largest absolute Gasteiger partial charge is 0.374 e. The molecule has 4 nitrogen and oxygen atoms in total. The van der Waals surface area contributed by atoms with Crippen molar-refractivity contribution in [3.8, 4) is 0 Å². The van der Waals surface area contributed by atoms with Crippen LogP contribution in [0.4, 0.5) is 0 Å². The zero-order valence-corrected chi connectivity index (χ0v) is 16.2. The van der Waals surface area contributed by atoms with Crippen molar-refractivity contribution in [2.75, 3.05) is 12.9 Å². The second-order valence-electron chi connectivity index (χ2n) is 7.02. The van der Waals surface area contributed by atoms with Crippen molar-refractivity contribution in [3.05, 3.63) is 11.6 Å². The smallest absolute Gasteiger partial charge is 0.153 e. The molecule has 0 heterocycles. The fourth-order valence-corrected chi connectivity index (χ4v) is 2.91. The number of ketones is 1. The van der Waals surface area contributed by atoms with Gasteiger partial charge in [-0.15, -0.1) is 0 Å². The molecule has 0 radical (unpaired) electrons. The van der Waals surface area contributed by atoms with Crippen LogP contribution < -0.4 is 0 Å². The number of carbonyl (C=O) groups excluding carboxylic acids is 1. The van der Waals surface area contributed by atoms with Crippen LogP contribution in [0.25, 0.3) is 0 Å². The summed E-state index contributed by atoms with van der Waals surface area (Å²) in [5, 5.41) is -0.562. The molecule has 0 aliphatic rings. The molecular formula is C15H30O4SSi. The molecule has 0 saturated heterocycles. The third kappa shape index (κ3) is 9.98. The molecule has 0 N–H and O–H groups in total. The van der Waals surface area contributed by atoms with Crippen molar-refractivity contribution in [2.24, 2.45) is 0 Å². The standard InChI is InChI=1S/C15H30O4SSi/c1-12(10-14(3)20(4,17)18)15(11-13(2)16)19-8-9-21(5,6)7/h10,14-15H,8-9,11H2,1-7H3/b12-10-/t14-,15+/m0/s1. The highest BCUT2D eigenvalue weighted by Crippen LogP contribution is 2.17. The summed E-state index contributed by atoms with van der Waals surface area (Å²) in [5.74, 6) is 0.0489. The zero-order valence-electron chi connectivity index (χ0n) is 14.4. The van der Waals surface area contributed by atoms with E-state index in [4.69, 9.17) is 4.74 Å². The average Bonchev–Trinajstić information content (AvgIpc) is 2.23. The summed E-state index contributed by atoms with van der Waals surface area (Å²) in [5.41, 5.74) is 0.818. The molecular weight excluding hydrogens is 304 g/mol. The molecule has 0 aromatic heterocycles. The number of rotatable bonds is 9. The summed E-state index contributed by atoms with van der Waals surface area (Å²) >= 11 is 0. The quantitative estimate of drug-likeness (QED) is 0.480. The molecule has 0 bridgehead atoms. The highest BCUT2D eigenvalue weighted by Gasteiger charge is 2.20. The second kappa shape index (κ2) is 8.24. The topological polar surface area (TPSA) is 60.4 Å². The summed E-state index contributed by atoms with van der Waals surface area (Å²) in [4.78, 5) is 11.4. The van der Waals surface area contributed by atoms with E-state index in [9.17, 15) is 13.2 Å². The molecule has 0 unspecified atom stereocenters. The van der Waals surface area contributed by atoms with Gasteiger partial charge in [0.25, 0.3) is 0 Å². The van der Waals surface area contributed by atoms with Crippen molar-refractivity contribution in [2.45, 2.75) is 64.2 Å². The molecule has 124 valence electrons. The Hall–Kier alpha value is -0.463. The fourth-order valence-electron chi connectivity index (χ4n) is 1.72. The van der Waals surface area contributed by atoms with Crippen LogP contribution in [0.3, 0.4) is 0 Å². The third-order valence-corrected chi connectivity index (χ3v) is 6.52. The van der Waals surface area contributed by atoms with Crippen LogP contribution in [0.1, 0.15) is 27.2 Å². The summed E-state index contributed by atoms with van der Waals surface area (Å²) in [7, 11) is -4.30. The lowest BCUT2D eigenvalue weighted by Crippen LogP contribution is -2.26. The first-order valence-electron chi connectivity index (χ1n) is 7.31. The Bertz CT molecular complexity index is 474. The molecule has 6 heteroatoms. The molecule has 0 fully saturated rings. The number of hydrogen-bond acceptors (Lipinski definition) is 4. The minimum absolute atomic E-state index is 0.0489. The van der Waals surface area contributed by atoms with Crippen LogP contribution in [0.2, 0.25) is 25.7 Å². The maximum Gasteiger partial charge on any atom is 0.153 e. The van der Waals surface area contributed by atoms with Gasteiger partial charge in [0.2, 0.25) is 0 Å². The first-order chi connectivity index (χ1) is 9.33. The number of Topliss-reactive ketones (excluding diaryl/α,β-unsaturated/α-hetero) is 1. The Morgan fingerprint density at radius 1 is 1.24 bits per heavy atom. The molecule has 0 rings (SSSR count). The lowest BCUT2D eigenvalue weighted by atomic mass is 10.1. The van der Waals surface area contributed by atoms with Crippen LogP contribution >= 0.6 is 0 Å². The number of ether oxygens (including phenoxy) is 1. The van der Waals surface area contributed by atoms with Gasteiger partial charge < -0.3 is 4.74 Å². The fraction of sp³-hybridized carbons (Fsp3) is 0.800. The summed E-state index contributed by atoms with van der Waals surface area (Å²) in [6, 6.07) is 1.02.